The Labute approximate surface area is 114 Å². The van der Waals surface area contributed by atoms with Crippen molar-refractivity contribution in [2.24, 2.45) is 0 Å². The van der Waals surface area contributed by atoms with Gasteiger partial charge < -0.3 is 9.84 Å². The largest absolute Gasteiger partial charge is 0.439 e. The number of aliphatic hydroxyl groups excluding tert-OH is 1. The number of hydrogen-bond donors (Lipinski definition) is 1. The first-order valence-corrected chi connectivity index (χ1v) is 5.85. The normalized spacial score (nSPS) is 10.3. The van der Waals surface area contributed by atoms with Gasteiger partial charge in [0.2, 0.25) is 5.88 Å². The third kappa shape index (κ3) is 3.53. The highest BCUT2D eigenvalue weighted by molar-refractivity contribution is 6.30. The van der Waals surface area contributed by atoms with Gasteiger partial charge in [0.1, 0.15) is 11.6 Å². The zero-order valence-electron chi connectivity index (χ0n) is 9.94. The number of ether oxygens (including phenoxy) is 1. The molecule has 5 heteroatoms. The van der Waals surface area contributed by atoms with Gasteiger partial charge in [0, 0.05) is 22.8 Å². The van der Waals surface area contributed by atoms with Crippen molar-refractivity contribution in [2.75, 3.05) is 0 Å². The van der Waals surface area contributed by atoms with Crippen molar-refractivity contribution in [2.45, 2.75) is 6.61 Å². The fourth-order valence-electron chi connectivity index (χ4n) is 1.46. The van der Waals surface area contributed by atoms with E-state index in [0.29, 0.717) is 22.2 Å². The highest BCUT2D eigenvalue weighted by Crippen LogP contribution is 2.28. The fraction of sp³-hybridized carbons (Fsp3) is 0.0714. The van der Waals surface area contributed by atoms with Gasteiger partial charge in [0.05, 0.1) is 6.61 Å². The van der Waals surface area contributed by atoms with Crippen LogP contribution in [0.4, 0.5) is 4.39 Å². The van der Waals surface area contributed by atoms with E-state index >= 15 is 0 Å². The summed E-state index contributed by atoms with van der Waals surface area (Å²) in [4.78, 5) is 4.01. The van der Waals surface area contributed by atoms with Crippen LogP contribution in [0.25, 0.3) is 5.83 Å². The fourth-order valence-corrected chi connectivity index (χ4v) is 1.69. The molecule has 0 radical (unpaired) electrons. The van der Waals surface area contributed by atoms with Crippen molar-refractivity contribution in [3.8, 4) is 11.6 Å². The molecule has 0 fully saturated rings. The van der Waals surface area contributed by atoms with E-state index in [0.717, 1.165) is 0 Å². The number of aliphatic hydroxyl groups is 1. The van der Waals surface area contributed by atoms with Crippen molar-refractivity contribution in [3.63, 3.8) is 0 Å². The summed E-state index contributed by atoms with van der Waals surface area (Å²) in [7, 11) is 0. The minimum Gasteiger partial charge on any atom is -0.439 e. The number of rotatable bonds is 4. The molecule has 98 valence electrons. The molecule has 3 nitrogen and oxygen atoms in total. The van der Waals surface area contributed by atoms with Gasteiger partial charge in [0.25, 0.3) is 0 Å². The van der Waals surface area contributed by atoms with Crippen LogP contribution in [0.1, 0.15) is 11.1 Å². The zero-order valence-corrected chi connectivity index (χ0v) is 10.7. The first-order chi connectivity index (χ1) is 9.08. The lowest BCUT2D eigenvalue weighted by Crippen LogP contribution is -1.91. The van der Waals surface area contributed by atoms with E-state index in [-0.39, 0.29) is 12.2 Å². The van der Waals surface area contributed by atoms with Gasteiger partial charge in [-0.15, -0.1) is 0 Å². The first-order valence-electron chi connectivity index (χ1n) is 5.47. The number of benzene rings is 1. The maximum absolute atomic E-state index is 13.1. The zero-order chi connectivity index (χ0) is 13.8. The molecular formula is C14H11ClFNO2. The molecule has 0 atom stereocenters. The monoisotopic (exact) mass is 279 g/mol. The van der Waals surface area contributed by atoms with E-state index in [1.807, 2.05) is 0 Å². The number of aromatic nitrogens is 1. The van der Waals surface area contributed by atoms with Crippen LogP contribution >= 0.6 is 11.6 Å². The summed E-state index contributed by atoms with van der Waals surface area (Å²) in [6.07, 6.45) is 1.49. The van der Waals surface area contributed by atoms with Crippen LogP contribution in [-0.2, 0) is 6.61 Å². The average Bonchev–Trinajstić information content (AvgIpc) is 2.39. The van der Waals surface area contributed by atoms with Crippen molar-refractivity contribution in [3.05, 3.63) is 59.3 Å². The lowest BCUT2D eigenvalue weighted by Gasteiger charge is -2.07. The maximum Gasteiger partial charge on any atom is 0.219 e. The van der Waals surface area contributed by atoms with Crippen LogP contribution in [-0.4, -0.2) is 10.1 Å². The highest BCUT2D eigenvalue weighted by atomic mass is 35.5. The number of halogens is 2. The predicted octanol–water partition coefficient (Wildman–Crippen LogP) is 3.96. The smallest absolute Gasteiger partial charge is 0.219 e. The highest BCUT2D eigenvalue weighted by Gasteiger charge is 2.05. The van der Waals surface area contributed by atoms with E-state index in [2.05, 4.69) is 11.6 Å². The molecule has 0 aliphatic rings. The molecule has 0 saturated carbocycles. The van der Waals surface area contributed by atoms with Crippen LogP contribution in [0, 0.1) is 0 Å². The quantitative estimate of drug-likeness (QED) is 0.921. The summed E-state index contributed by atoms with van der Waals surface area (Å²) in [6.45, 7) is 3.13. The molecule has 0 spiro atoms. The van der Waals surface area contributed by atoms with E-state index in [1.54, 1.807) is 18.2 Å². The van der Waals surface area contributed by atoms with Gasteiger partial charge in [-0.05, 0) is 29.8 Å². The number of nitrogens with zero attached hydrogens (tertiary/aromatic N) is 1. The topological polar surface area (TPSA) is 42.4 Å². The van der Waals surface area contributed by atoms with Crippen LogP contribution in [0.3, 0.4) is 0 Å². The van der Waals surface area contributed by atoms with Crippen molar-refractivity contribution >= 4 is 17.4 Å². The Bertz CT molecular complexity index is 599. The lowest BCUT2D eigenvalue weighted by molar-refractivity contribution is 0.281. The molecular weight excluding hydrogens is 269 g/mol. The average molecular weight is 280 g/mol. The second-order valence-corrected chi connectivity index (χ2v) is 4.28. The summed E-state index contributed by atoms with van der Waals surface area (Å²) in [5.41, 5.74) is 0.936. The minimum atomic E-state index is -0.587. The molecule has 1 aromatic carbocycles. The Hall–Kier alpha value is -1.91. The summed E-state index contributed by atoms with van der Waals surface area (Å²) >= 11 is 5.87. The van der Waals surface area contributed by atoms with Gasteiger partial charge >= 0.3 is 0 Å². The van der Waals surface area contributed by atoms with E-state index in [1.165, 1.54) is 18.3 Å². The van der Waals surface area contributed by atoms with Crippen molar-refractivity contribution in [1.29, 1.82) is 0 Å². The predicted molar refractivity (Wildman–Crippen MR) is 71.8 cm³/mol. The van der Waals surface area contributed by atoms with E-state index in [4.69, 9.17) is 21.4 Å². The maximum atomic E-state index is 13.1. The molecule has 1 aromatic heterocycles. The third-order valence-electron chi connectivity index (χ3n) is 2.39. The van der Waals surface area contributed by atoms with E-state index in [9.17, 15) is 4.39 Å². The minimum absolute atomic E-state index is 0.0870. The summed E-state index contributed by atoms with van der Waals surface area (Å²) in [5, 5.41) is 9.25. The van der Waals surface area contributed by atoms with Gasteiger partial charge in [-0.2, -0.15) is 0 Å². The first kappa shape index (κ1) is 13.5. The summed E-state index contributed by atoms with van der Waals surface area (Å²) < 4.78 is 18.5. The molecule has 0 unspecified atom stereocenters. The molecule has 0 aliphatic carbocycles. The molecule has 2 rings (SSSR count). The molecule has 0 aliphatic heterocycles. The molecule has 2 aromatic rings. The number of pyridine rings is 1. The molecule has 1 N–H and O–H groups in total. The van der Waals surface area contributed by atoms with Crippen LogP contribution < -0.4 is 4.74 Å². The molecule has 0 bridgehead atoms. The summed E-state index contributed by atoms with van der Waals surface area (Å²) in [5.74, 6) is 0.108. The Balaban J connectivity index is 2.24. The van der Waals surface area contributed by atoms with Crippen LogP contribution in [0.5, 0.6) is 11.6 Å². The SMILES string of the molecule is C=C(F)c1cc(Cl)cc(Oc2ccc(CO)cn2)c1. The third-order valence-corrected chi connectivity index (χ3v) is 2.61. The van der Waals surface area contributed by atoms with E-state index < -0.39 is 5.83 Å². The van der Waals surface area contributed by atoms with Crippen molar-refractivity contribution < 1.29 is 14.2 Å². The second-order valence-electron chi connectivity index (χ2n) is 3.85. The van der Waals surface area contributed by atoms with Gasteiger partial charge in [-0.25, -0.2) is 9.37 Å². The Morgan fingerprint density at radius 3 is 2.74 bits per heavy atom. The second kappa shape index (κ2) is 5.82. The van der Waals surface area contributed by atoms with Crippen LogP contribution in [0.15, 0.2) is 43.1 Å². The molecule has 0 amide bonds. The van der Waals surface area contributed by atoms with Gasteiger partial charge in [0.15, 0.2) is 0 Å². The molecule has 1 heterocycles. The number of hydrogen-bond acceptors (Lipinski definition) is 3. The Morgan fingerprint density at radius 1 is 1.37 bits per heavy atom. The van der Waals surface area contributed by atoms with Gasteiger partial charge in [-0.3, -0.25) is 0 Å². The summed E-state index contributed by atoms with van der Waals surface area (Å²) in [6, 6.07) is 7.78. The van der Waals surface area contributed by atoms with Crippen molar-refractivity contribution in [1.82, 2.24) is 4.98 Å². The molecule has 0 saturated heterocycles. The lowest BCUT2D eigenvalue weighted by atomic mass is 10.2. The van der Waals surface area contributed by atoms with Crippen LogP contribution in [0.2, 0.25) is 5.02 Å². The standard InChI is InChI=1S/C14H11ClFNO2/c1-9(16)11-4-12(15)6-13(5-11)19-14-3-2-10(8-18)7-17-14/h2-7,18H,1,8H2. The van der Waals surface area contributed by atoms with Gasteiger partial charge in [-0.1, -0.05) is 18.2 Å². The Kier molecular flexibility index (Phi) is 4.14. The molecule has 19 heavy (non-hydrogen) atoms. The Morgan fingerprint density at radius 2 is 2.16 bits per heavy atom.